The van der Waals surface area contributed by atoms with Crippen molar-refractivity contribution in [2.45, 2.75) is 6.92 Å². The van der Waals surface area contributed by atoms with Gasteiger partial charge in [0.1, 0.15) is 0 Å². The van der Waals surface area contributed by atoms with Gasteiger partial charge in [0.15, 0.2) is 5.82 Å². The highest BCUT2D eigenvalue weighted by Crippen LogP contribution is 1.96. The molecule has 0 amide bonds. The van der Waals surface area contributed by atoms with Crippen molar-refractivity contribution in [3.63, 3.8) is 0 Å². The maximum atomic E-state index is 12.3. The number of nitrogens with zero attached hydrogens (tertiary/aromatic N) is 2. The van der Waals surface area contributed by atoms with Crippen LogP contribution in [0, 0.1) is 17.7 Å². The third kappa shape index (κ3) is 2.54. The van der Waals surface area contributed by atoms with Crippen LogP contribution < -0.4 is 5.32 Å². The second-order valence-electron chi connectivity index (χ2n) is 2.01. The number of aromatic nitrogens is 2. The molecule has 62 valence electrons. The highest BCUT2D eigenvalue weighted by Gasteiger charge is 1.92. The Morgan fingerprint density at radius 1 is 1.50 bits per heavy atom. The molecular weight excluding hydrogens is 157 g/mol. The summed E-state index contributed by atoms with van der Waals surface area (Å²) in [6, 6.07) is 0. The van der Waals surface area contributed by atoms with E-state index in [1.165, 1.54) is 0 Å². The molecule has 0 radical (unpaired) electrons. The monoisotopic (exact) mass is 165 g/mol. The van der Waals surface area contributed by atoms with E-state index in [1.807, 2.05) is 0 Å². The van der Waals surface area contributed by atoms with Gasteiger partial charge in [-0.2, -0.15) is 0 Å². The molecule has 0 aliphatic carbocycles. The Morgan fingerprint density at radius 2 is 2.17 bits per heavy atom. The van der Waals surface area contributed by atoms with Crippen molar-refractivity contribution in [3.05, 3.63) is 18.2 Å². The van der Waals surface area contributed by atoms with Crippen LogP contribution in [-0.4, -0.2) is 16.5 Å². The zero-order chi connectivity index (χ0) is 8.81. The first-order chi connectivity index (χ1) is 5.83. The van der Waals surface area contributed by atoms with E-state index in [0.717, 1.165) is 12.4 Å². The lowest BCUT2D eigenvalue weighted by Gasteiger charge is -1.97. The van der Waals surface area contributed by atoms with Crippen LogP contribution in [-0.2, 0) is 0 Å². The third-order valence-corrected chi connectivity index (χ3v) is 1.13. The van der Waals surface area contributed by atoms with Gasteiger partial charge in [-0.3, -0.25) is 0 Å². The van der Waals surface area contributed by atoms with Gasteiger partial charge in [-0.15, -0.1) is 5.92 Å². The lowest BCUT2D eigenvalue weighted by molar-refractivity contribution is 0.614. The molecule has 1 aromatic heterocycles. The Kier molecular flexibility index (Phi) is 3.03. The summed E-state index contributed by atoms with van der Waals surface area (Å²) in [5.74, 6) is 5.43. The van der Waals surface area contributed by atoms with Crippen molar-refractivity contribution in [3.8, 4) is 11.8 Å². The number of rotatable bonds is 2. The highest BCUT2D eigenvalue weighted by atomic mass is 19.1. The molecule has 1 rings (SSSR count). The smallest absolute Gasteiger partial charge is 0.223 e. The van der Waals surface area contributed by atoms with Gasteiger partial charge in [-0.1, -0.05) is 5.92 Å². The molecule has 0 aromatic carbocycles. The van der Waals surface area contributed by atoms with Crippen LogP contribution in [0.3, 0.4) is 0 Å². The lowest BCUT2D eigenvalue weighted by Crippen LogP contribution is -2.02. The number of hydrogen-bond acceptors (Lipinski definition) is 3. The first-order valence-electron chi connectivity index (χ1n) is 3.44. The van der Waals surface area contributed by atoms with Crippen LogP contribution in [0.15, 0.2) is 12.4 Å². The zero-order valence-corrected chi connectivity index (χ0v) is 6.63. The minimum Gasteiger partial charge on any atom is -0.343 e. The number of halogens is 1. The fourth-order valence-corrected chi connectivity index (χ4v) is 0.615. The Labute approximate surface area is 70.0 Å². The van der Waals surface area contributed by atoms with E-state index in [2.05, 4.69) is 27.1 Å². The molecular formula is C8H8FN3. The summed E-state index contributed by atoms with van der Waals surface area (Å²) in [6.45, 7) is 2.22. The minimum absolute atomic E-state index is 0.388. The van der Waals surface area contributed by atoms with Gasteiger partial charge < -0.3 is 5.32 Å². The SMILES string of the molecule is CC#CCNc1ncc(F)cn1. The Morgan fingerprint density at radius 3 is 2.75 bits per heavy atom. The number of hydrogen-bond donors (Lipinski definition) is 1. The quantitative estimate of drug-likeness (QED) is 0.665. The van der Waals surface area contributed by atoms with Crippen molar-refractivity contribution in [1.29, 1.82) is 0 Å². The fourth-order valence-electron chi connectivity index (χ4n) is 0.615. The molecule has 0 spiro atoms. The normalized spacial score (nSPS) is 8.50. The summed E-state index contributed by atoms with van der Waals surface area (Å²) in [5.41, 5.74) is 0. The molecule has 0 fully saturated rings. The number of anilines is 1. The van der Waals surface area contributed by atoms with Crippen LogP contribution in [0.5, 0.6) is 0 Å². The van der Waals surface area contributed by atoms with E-state index < -0.39 is 5.82 Å². The first kappa shape index (κ1) is 8.47. The van der Waals surface area contributed by atoms with Crippen molar-refractivity contribution in [2.24, 2.45) is 0 Å². The van der Waals surface area contributed by atoms with E-state index in [0.29, 0.717) is 12.5 Å². The van der Waals surface area contributed by atoms with Crippen molar-refractivity contribution < 1.29 is 4.39 Å². The summed E-state index contributed by atoms with van der Waals surface area (Å²) >= 11 is 0. The van der Waals surface area contributed by atoms with Gasteiger partial charge in [0.2, 0.25) is 5.95 Å². The zero-order valence-electron chi connectivity index (χ0n) is 6.63. The van der Waals surface area contributed by atoms with Gasteiger partial charge in [0.05, 0.1) is 18.9 Å². The van der Waals surface area contributed by atoms with Gasteiger partial charge >= 0.3 is 0 Å². The van der Waals surface area contributed by atoms with E-state index in [1.54, 1.807) is 6.92 Å². The van der Waals surface area contributed by atoms with Crippen LogP contribution >= 0.6 is 0 Å². The fraction of sp³-hybridized carbons (Fsp3) is 0.250. The standard InChI is InChI=1S/C8H8FN3/c1-2-3-4-10-8-11-5-7(9)6-12-8/h5-6H,4H2,1H3,(H,10,11,12). The van der Waals surface area contributed by atoms with Crippen molar-refractivity contribution >= 4 is 5.95 Å². The van der Waals surface area contributed by atoms with Gasteiger partial charge in [-0.05, 0) is 6.92 Å². The molecule has 0 saturated heterocycles. The Balaban J connectivity index is 2.51. The molecule has 0 aliphatic heterocycles. The molecule has 0 unspecified atom stereocenters. The molecule has 0 atom stereocenters. The van der Waals surface area contributed by atoms with Crippen LogP contribution in [0.1, 0.15) is 6.92 Å². The van der Waals surface area contributed by atoms with E-state index in [9.17, 15) is 4.39 Å². The lowest BCUT2D eigenvalue weighted by atomic mass is 10.6. The molecule has 1 N–H and O–H groups in total. The van der Waals surface area contributed by atoms with Crippen LogP contribution in [0.4, 0.5) is 10.3 Å². The van der Waals surface area contributed by atoms with Crippen molar-refractivity contribution in [2.75, 3.05) is 11.9 Å². The minimum atomic E-state index is -0.442. The molecule has 12 heavy (non-hydrogen) atoms. The predicted octanol–water partition coefficient (Wildman–Crippen LogP) is 1.05. The maximum Gasteiger partial charge on any atom is 0.223 e. The second kappa shape index (κ2) is 4.29. The molecule has 1 aromatic rings. The van der Waals surface area contributed by atoms with Gasteiger partial charge in [0.25, 0.3) is 0 Å². The second-order valence-corrected chi connectivity index (χ2v) is 2.01. The topological polar surface area (TPSA) is 37.8 Å². The Hall–Kier alpha value is -1.63. The first-order valence-corrected chi connectivity index (χ1v) is 3.44. The summed E-state index contributed by atoms with van der Waals surface area (Å²) in [5, 5.41) is 2.81. The van der Waals surface area contributed by atoms with E-state index >= 15 is 0 Å². The van der Waals surface area contributed by atoms with E-state index in [4.69, 9.17) is 0 Å². The van der Waals surface area contributed by atoms with Gasteiger partial charge in [-0.25, -0.2) is 14.4 Å². The van der Waals surface area contributed by atoms with E-state index in [-0.39, 0.29) is 0 Å². The molecule has 0 saturated carbocycles. The summed E-state index contributed by atoms with van der Waals surface area (Å²) in [6.07, 6.45) is 2.21. The summed E-state index contributed by atoms with van der Waals surface area (Å²) in [4.78, 5) is 7.37. The predicted molar refractivity (Wildman–Crippen MR) is 43.9 cm³/mol. The maximum absolute atomic E-state index is 12.3. The summed E-state index contributed by atoms with van der Waals surface area (Å²) in [7, 11) is 0. The molecule has 4 heteroatoms. The van der Waals surface area contributed by atoms with Crippen molar-refractivity contribution in [1.82, 2.24) is 9.97 Å². The summed E-state index contributed by atoms with van der Waals surface area (Å²) < 4.78 is 12.3. The third-order valence-electron chi connectivity index (χ3n) is 1.13. The average Bonchev–Trinajstić information content (AvgIpc) is 2.09. The number of nitrogens with one attached hydrogen (secondary N) is 1. The average molecular weight is 165 g/mol. The Bertz CT molecular complexity index is 296. The molecule has 3 nitrogen and oxygen atoms in total. The molecule has 0 aliphatic rings. The largest absolute Gasteiger partial charge is 0.343 e. The van der Waals surface area contributed by atoms with Gasteiger partial charge in [0, 0.05) is 0 Å². The van der Waals surface area contributed by atoms with Crippen LogP contribution in [0.2, 0.25) is 0 Å². The molecule has 0 bridgehead atoms. The highest BCUT2D eigenvalue weighted by molar-refractivity contribution is 5.25. The molecule has 1 heterocycles. The van der Waals surface area contributed by atoms with Crippen LogP contribution in [0.25, 0.3) is 0 Å².